The second-order valence-corrected chi connectivity index (χ2v) is 7.33. The molecule has 0 spiro atoms. The second-order valence-electron chi connectivity index (χ2n) is 6.48. The molecule has 122 valence electrons. The van der Waals surface area contributed by atoms with E-state index in [1.54, 1.807) is 13.0 Å². The smallest absolute Gasteiger partial charge is 0.274 e. The van der Waals surface area contributed by atoms with Crippen molar-refractivity contribution in [2.24, 2.45) is 0 Å². The lowest BCUT2D eigenvalue weighted by atomic mass is 10.1. The third-order valence-corrected chi connectivity index (χ3v) is 3.86. The summed E-state index contributed by atoms with van der Waals surface area (Å²) in [6, 6.07) is 7.34. The van der Waals surface area contributed by atoms with E-state index < -0.39 is 0 Å². The number of amides is 1. The first-order valence-electron chi connectivity index (χ1n) is 7.35. The Morgan fingerprint density at radius 2 is 1.83 bits per heavy atom. The fourth-order valence-electron chi connectivity index (χ4n) is 2.00. The first-order chi connectivity index (χ1) is 10.6. The largest absolute Gasteiger partial charge is 0.365 e. The minimum Gasteiger partial charge on any atom is -0.365 e. The van der Waals surface area contributed by atoms with Crippen LogP contribution in [0.3, 0.4) is 0 Å². The van der Waals surface area contributed by atoms with E-state index in [2.05, 4.69) is 36.5 Å². The summed E-state index contributed by atoms with van der Waals surface area (Å²) in [6.07, 6.45) is 0. The van der Waals surface area contributed by atoms with Gasteiger partial charge in [-0.2, -0.15) is 0 Å². The van der Waals surface area contributed by atoms with Crippen LogP contribution in [0, 0.1) is 13.8 Å². The summed E-state index contributed by atoms with van der Waals surface area (Å²) in [6.45, 7) is 9.87. The van der Waals surface area contributed by atoms with Crippen LogP contribution < -0.4 is 10.6 Å². The van der Waals surface area contributed by atoms with Gasteiger partial charge in [-0.1, -0.05) is 22.0 Å². The lowest BCUT2D eigenvalue weighted by molar-refractivity contribution is 0.102. The molecule has 0 aliphatic rings. The number of carbonyl (C=O) groups excluding carboxylic acids is 1. The highest BCUT2D eigenvalue weighted by molar-refractivity contribution is 9.10. The maximum Gasteiger partial charge on any atom is 0.274 e. The van der Waals surface area contributed by atoms with E-state index in [1.165, 1.54) is 0 Å². The number of carbonyl (C=O) groups is 1. The molecule has 2 aromatic rings. The molecule has 23 heavy (non-hydrogen) atoms. The number of aryl methyl sites for hydroxylation is 2. The van der Waals surface area contributed by atoms with E-state index in [9.17, 15) is 4.79 Å². The van der Waals surface area contributed by atoms with Crippen LogP contribution in [0.4, 0.5) is 11.5 Å². The van der Waals surface area contributed by atoms with Crippen molar-refractivity contribution in [1.82, 2.24) is 9.97 Å². The average Bonchev–Trinajstić information content (AvgIpc) is 2.40. The lowest BCUT2D eigenvalue weighted by Crippen LogP contribution is -2.27. The molecule has 0 fully saturated rings. The molecule has 0 saturated heterocycles. The highest BCUT2D eigenvalue weighted by Crippen LogP contribution is 2.21. The predicted octanol–water partition coefficient (Wildman–Crippen LogP) is 4.32. The van der Waals surface area contributed by atoms with Crippen LogP contribution in [0.1, 0.15) is 42.6 Å². The Labute approximate surface area is 145 Å². The van der Waals surface area contributed by atoms with E-state index in [4.69, 9.17) is 0 Å². The first kappa shape index (κ1) is 17.4. The van der Waals surface area contributed by atoms with Crippen LogP contribution in [-0.2, 0) is 0 Å². The Hall–Kier alpha value is -1.95. The number of hydrogen-bond donors (Lipinski definition) is 2. The zero-order chi connectivity index (χ0) is 17.2. The van der Waals surface area contributed by atoms with Gasteiger partial charge in [0.2, 0.25) is 0 Å². The van der Waals surface area contributed by atoms with Gasteiger partial charge in [0.05, 0.1) is 0 Å². The summed E-state index contributed by atoms with van der Waals surface area (Å²) in [5, 5.41) is 6.12. The van der Waals surface area contributed by atoms with Crippen LogP contribution in [0.25, 0.3) is 0 Å². The summed E-state index contributed by atoms with van der Waals surface area (Å²) < 4.78 is 0.948. The topological polar surface area (TPSA) is 66.9 Å². The molecule has 2 N–H and O–H groups in total. The van der Waals surface area contributed by atoms with Crippen molar-refractivity contribution in [3.05, 3.63) is 45.8 Å². The van der Waals surface area contributed by atoms with Crippen LogP contribution in [0.15, 0.2) is 28.7 Å². The third kappa shape index (κ3) is 5.03. The van der Waals surface area contributed by atoms with Gasteiger partial charge < -0.3 is 10.6 Å². The van der Waals surface area contributed by atoms with Gasteiger partial charge in [-0.15, -0.1) is 0 Å². The van der Waals surface area contributed by atoms with E-state index in [0.717, 1.165) is 10.0 Å². The summed E-state index contributed by atoms with van der Waals surface area (Å²) in [5.41, 5.74) is 2.02. The van der Waals surface area contributed by atoms with Gasteiger partial charge in [-0.25, -0.2) is 9.97 Å². The summed E-state index contributed by atoms with van der Waals surface area (Å²) >= 11 is 3.46. The first-order valence-corrected chi connectivity index (χ1v) is 8.15. The monoisotopic (exact) mass is 376 g/mol. The van der Waals surface area contributed by atoms with Gasteiger partial charge in [-0.3, -0.25) is 4.79 Å². The van der Waals surface area contributed by atoms with Crippen molar-refractivity contribution >= 4 is 33.3 Å². The zero-order valence-electron chi connectivity index (χ0n) is 14.0. The molecule has 2 rings (SSSR count). The normalized spacial score (nSPS) is 11.2. The van der Waals surface area contributed by atoms with E-state index >= 15 is 0 Å². The van der Waals surface area contributed by atoms with Crippen molar-refractivity contribution < 1.29 is 4.79 Å². The molecule has 0 saturated carbocycles. The molecule has 1 amide bonds. The number of rotatable bonds is 3. The number of nitrogens with zero attached hydrogens (tertiary/aromatic N) is 2. The standard InChI is InChI=1S/C17H21BrN4O/c1-10-6-7-12(8-13(10)18)21-16(23)14-9-15(20-11(2)19-14)22-17(3,4)5/h6-9H,1-5H3,(H,21,23)(H,19,20,22). The average molecular weight is 377 g/mol. The Balaban J connectivity index is 2.23. The molecule has 0 bridgehead atoms. The fraction of sp³-hybridized carbons (Fsp3) is 0.353. The molecule has 1 heterocycles. The molecule has 6 heteroatoms. The number of anilines is 2. The quantitative estimate of drug-likeness (QED) is 0.836. The summed E-state index contributed by atoms with van der Waals surface area (Å²) in [4.78, 5) is 21.0. The maximum atomic E-state index is 12.4. The molecule has 0 unspecified atom stereocenters. The molecular weight excluding hydrogens is 356 g/mol. The zero-order valence-corrected chi connectivity index (χ0v) is 15.6. The molecule has 0 radical (unpaired) electrons. The van der Waals surface area contributed by atoms with Crippen molar-refractivity contribution in [1.29, 1.82) is 0 Å². The Morgan fingerprint density at radius 1 is 1.13 bits per heavy atom. The molecule has 0 atom stereocenters. The maximum absolute atomic E-state index is 12.4. The molecule has 1 aromatic heterocycles. The number of nitrogens with one attached hydrogen (secondary N) is 2. The summed E-state index contributed by atoms with van der Waals surface area (Å²) in [7, 11) is 0. The van der Waals surface area contributed by atoms with Crippen molar-refractivity contribution in [2.75, 3.05) is 10.6 Å². The Morgan fingerprint density at radius 3 is 2.43 bits per heavy atom. The Bertz CT molecular complexity index is 738. The van der Waals surface area contributed by atoms with Gasteiger partial charge in [0.1, 0.15) is 17.3 Å². The number of hydrogen-bond acceptors (Lipinski definition) is 4. The third-order valence-electron chi connectivity index (χ3n) is 3.00. The summed E-state index contributed by atoms with van der Waals surface area (Å²) in [5.74, 6) is 0.929. The van der Waals surface area contributed by atoms with Gasteiger partial charge in [0.25, 0.3) is 5.91 Å². The van der Waals surface area contributed by atoms with Gasteiger partial charge in [0, 0.05) is 21.8 Å². The highest BCUT2D eigenvalue weighted by atomic mass is 79.9. The highest BCUT2D eigenvalue weighted by Gasteiger charge is 2.15. The van der Waals surface area contributed by atoms with Crippen LogP contribution in [0.2, 0.25) is 0 Å². The minimum atomic E-state index is -0.261. The van der Waals surface area contributed by atoms with Gasteiger partial charge >= 0.3 is 0 Å². The van der Waals surface area contributed by atoms with E-state index in [1.807, 2.05) is 45.9 Å². The predicted molar refractivity (Wildman–Crippen MR) is 97.0 cm³/mol. The van der Waals surface area contributed by atoms with Gasteiger partial charge in [-0.05, 0) is 52.3 Å². The van der Waals surface area contributed by atoms with Crippen LogP contribution in [0.5, 0.6) is 0 Å². The minimum absolute atomic E-state index is 0.142. The molecular formula is C17H21BrN4O. The molecule has 0 aliphatic heterocycles. The van der Waals surface area contributed by atoms with Crippen molar-refractivity contribution in [3.8, 4) is 0 Å². The lowest BCUT2D eigenvalue weighted by Gasteiger charge is -2.21. The number of halogens is 1. The molecule has 1 aromatic carbocycles. The molecule has 5 nitrogen and oxygen atoms in total. The second kappa shape index (κ2) is 6.66. The molecule has 0 aliphatic carbocycles. The van der Waals surface area contributed by atoms with Crippen molar-refractivity contribution in [2.45, 2.75) is 40.2 Å². The Kier molecular flexibility index (Phi) is 5.04. The van der Waals surface area contributed by atoms with Gasteiger partial charge in [0.15, 0.2) is 0 Å². The fourth-order valence-corrected chi connectivity index (χ4v) is 2.38. The van der Waals surface area contributed by atoms with Crippen molar-refractivity contribution in [3.63, 3.8) is 0 Å². The number of benzene rings is 1. The van der Waals surface area contributed by atoms with Crippen LogP contribution >= 0.6 is 15.9 Å². The van der Waals surface area contributed by atoms with E-state index in [-0.39, 0.29) is 11.4 Å². The number of aromatic nitrogens is 2. The van der Waals surface area contributed by atoms with E-state index in [0.29, 0.717) is 23.0 Å². The van der Waals surface area contributed by atoms with Crippen LogP contribution in [-0.4, -0.2) is 21.4 Å². The SMILES string of the molecule is Cc1nc(NC(C)(C)C)cc(C(=O)Nc2ccc(C)c(Br)c2)n1.